The average molecular weight is 327 g/mol. The molecular formula is C17H30N2O2S. The highest BCUT2D eigenvalue weighted by molar-refractivity contribution is 7.87. The van der Waals surface area contributed by atoms with Crippen LogP contribution in [-0.4, -0.2) is 31.9 Å². The van der Waals surface area contributed by atoms with Crippen molar-refractivity contribution in [2.45, 2.75) is 70.8 Å². The fraction of sp³-hybridized carbons (Fsp3) is 1.00. The molecule has 0 aromatic carbocycles. The highest BCUT2D eigenvalue weighted by Crippen LogP contribution is 2.61. The maximum atomic E-state index is 12.7. The van der Waals surface area contributed by atoms with Crippen LogP contribution in [0.15, 0.2) is 0 Å². The van der Waals surface area contributed by atoms with Crippen LogP contribution in [0.2, 0.25) is 0 Å². The monoisotopic (exact) mass is 326 g/mol. The van der Waals surface area contributed by atoms with Gasteiger partial charge in [-0.05, 0) is 81.5 Å². The Morgan fingerprint density at radius 3 is 1.95 bits per heavy atom. The first kappa shape index (κ1) is 15.4. The summed E-state index contributed by atoms with van der Waals surface area (Å²) in [5, 5.41) is 0. The van der Waals surface area contributed by atoms with Gasteiger partial charge in [0.1, 0.15) is 0 Å². The van der Waals surface area contributed by atoms with E-state index in [-0.39, 0.29) is 11.5 Å². The van der Waals surface area contributed by atoms with E-state index in [9.17, 15) is 8.42 Å². The largest absolute Gasteiger partial charge is 0.279 e. The van der Waals surface area contributed by atoms with Gasteiger partial charge in [0.15, 0.2) is 0 Å². The zero-order chi connectivity index (χ0) is 15.4. The predicted molar refractivity (Wildman–Crippen MR) is 87.5 cm³/mol. The Labute approximate surface area is 135 Å². The maximum absolute atomic E-state index is 12.7. The van der Waals surface area contributed by atoms with Gasteiger partial charge < -0.3 is 0 Å². The molecular weight excluding hydrogens is 296 g/mol. The topological polar surface area (TPSA) is 49.4 Å². The molecule has 0 radical (unpaired) electrons. The minimum absolute atomic E-state index is 0.0906. The van der Waals surface area contributed by atoms with Crippen LogP contribution in [0.5, 0.6) is 0 Å². The van der Waals surface area contributed by atoms with Crippen LogP contribution in [0.25, 0.3) is 0 Å². The predicted octanol–water partition coefficient (Wildman–Crippen LogP) is 2.91. The Balaban J connectivity index is 1.48. The zero-order valence-corrected chi connectivity index (χ0v) is 14.6. The Morgan fingerprint density at radius 2 is 1.45 bits per heavy atom. The minimum Gasteiger partial charge on any atom is -0.199 e. The smallest absolute Gasteiger partial charge is 0.199 e. The number of hydrogen-bond acceptors (Lipinski definition) is 2. The fourth-order valence-corrected chi connectivity index (χ4v) is 7.82. The number of hydrogen-bond donors (Lipinski definition) is 1. The third-order valence-corrected chi connectivity index (χ3v) is 8.68. The molecule has 4 saturated carbocycles. The van der Waals surface area contributed by atoms with Crippen LogP contribution in [0.1, 0.15) is 64.7 Å². The molecule has 4 bridgehead atoms. The summed E-state index contributed by atoms with van der Waals surface area (Å²) in [6.45, 7) is 3.53. The zero-order valence-electron chi connectivity index (χ0n) is 13.8. The summed E-state index contributed by atoms with van der Waals surface area (Å²) in [5.41, 5.74) is 0.248. The second kappa shape index (κ2) is 5.45. The van der Waals surface area contributed by atoms with E-state index in [1.165, 1.54) is 38.5 Å². The van der Waals surface area contributed by atoms with E-state index in [1.54, 1.807) is 4.31 Å². The van der Waals surface area contributed by atoms with Gasteiger partial charge in [-0.1, -0.05) is 6.42 Å². The molecule has 0 spiro atoms. The maximum Gasteiger partial charge on any atom is 0.279 e. The van der Waals surface area contributed by atoms with Gasteiger partial charge in [-0.25, -0.2) is 0 Å². The Kier molecular flexibility index (Phi) is 3.82. The lowest BCUT2D eigenvalue weighted by Crippen LogP contribution is -2.57. The molecule has 0 aromatic rings. The third-order valence-electron chi connectivity index (χ3n) is 6.98. The van der Waals surface area contributed by atoms with Gasteiger partial charge in [0.2, 0.25) is 0 Å². The van der Waals surface area contributed by atoms with Crippen LogP contribution in [0.3, 0.4) is 0 Å². The van der Waals surface area contributed by atoms with E-state index >= 15 is 0 Å². The summed E-state index contributed by atoms with van der Waals surface area (Å²) in [5.74, 6) is 2.61. The number of rotatable bonds is 4. The molecule has 1 aliphatic heterocycles. The number of nitrogens with one attached hydrogen (secondary N) is 1. The van der Waals surface area contributed by atoms with Crippen LogP contribution in [-0.2, 0) is 10.2 Å². The van der Waals surface area contributed by atoms with Crippen molar-refractivity contribution < 1.29 is 8.42 Å². The molecule has 1 heterocycles. The van der Waals surface area contributed by atoms with Crippen LogP contribution in [0, 0.1) is 23.2 Å². The first-order chi connectivity index (χ1) is 10.5. The molecule has 126 valence electrons. The van der Waals surface area contributed by atoms with Crippen molar-refractivity contribution in [2.24, 2.45) is 23.2 Å². The SMILES string of the molecule is CC(NS(=O)(=O)N1CCCCC1)C12CC3CC(CC(C3)C1)C2. The minimum atomic E-state index is -3.29. The lowest BCUT2D eigenvalue weighted by molar-refractivity contribution is -0.0668. The van der Waals surface area contributed by atoms with Gasteiger partial charge in [0.25, 0.3) is 10.2 Å². The van der Waals surface area contributed by atoms with Gasteiger partial charge >= 0.3 is 0 Å². The molecule has 0 amide bonds. The van der Waals surface area contributed by atoms with Gasteiger partial charge in [-0.2, -0.15) is 17.4 Å². The van der Waals surface area contributed by atoms with Gasteiger partial charge in [0.05, 0.1) is 0 Å². The molecule has 4 nitrogen and oxygen atoms in total. The highest BCUT2D eigenvalue weighted by Gasteiger charge is 2.53. The summed E-state index contributed by atoms with van der Waals surface area (Å²) in [4.78, 5) is 0. The molecule has 1 saturated heterocycles. The van der Waals surface area contributed by atoms with Crippen molar-refractivity contribution in [3.63, 3.8) is 0 Å². The standard InChI is InChI=1S/C17H30N2O2S/c1-13(18-22(20,21)19-5-3-2-4-6-19)17-10-14-7-15(11-17)9-16(8-14)12-17/h13-16,18H,2-12H2,1H3. The fourth-order valence-electron chi connectivity index (χ4n) is 6.24. The van der Waals surface area contributed by atoms with Crippen molar-refractivity contribution in [1.29, 1.82) is 0 Å². The first-order valence-electron chi connectivity index (χ1n) is 9.24. The van der Waals surface area contributed by atoms with Gasteiger partial charge in [-0.15, -0.1) is 0 Å². The second-order valence-corrected chi connectivity index (χ2v) is 10.3. The Morgan fingerprint density at radius 1 is 0.955 bits per heavy atom. The average Bonchev–Trinajstić information content (AvgIpc) is 2.46. The van der Waals surface area contributed by atoms with E-state index in [4.69, 9.17) is 0 Å². The summed E-state index contributed by atoms with van der Waals surface area (Å²) >= 11 is 0. The highest BCUT2D eigenvalue weighted by atomic mass is 32.2. The van der Waals surface area contributed by atoms with Crippen molar-refractivity contribution >= 4 is 10.2 Å². The molecule has 1 N–H and O–H groups in total. The van der Waals surface area contributed by atoms with Crippen LogP contribution < -0.4 is 4.72 Å². The molecule has 5 aliphatic rings. The molecule has 1 unspecified atom stereocenters. The van der Waals surface area contributed by atoms with E-state index < -0.39 is 10.2 Å². The van der Waals surface area contributed by atoms with E-state index in [2.05, 4.69) is 11.6 Å². The number of nitrogens with zero attached hydrogens (tertiary/aromatic N) is 1. The summed E-state index contributed by atoms with van der Waals surface area (Å²) in [6, 6.07) is 0.0906. The molecule has 22 heavy (non-hydrogen) atoms. The number of piperidine rings is 1. The van der Waals surface area contributed by atoms with Crippen LogP contribution in [0.4, 0.5) is 0 Å². The summed E-state index contributed by atoms with van der Waals surface area (Å²) < 4.78 is 30.2. The van der Waals surface area contributed by atoms with Crippen LogP contribution >= 0.6 is 0 Å². The lowest BCUT2D eigenvalue weighted by Gasteiger charge is -2.59. The second-order valence-electron chi connectivity index (χ2n) is 8.58. The quantitative estimate of drug-likeness (QED) is 0.863. The van der Waals surface area contributed by atoms with Gasteiger partial charge in [0, 0.05) is 19.1 Å². The molecule has 5 heteroatoms. The summed E-state index contributed by atoms with van der Waals surface area (Å²) in [6.07, 6.45) is 11.2. The van der Waals surface area contributed by atoms with Crippen molar-refractivity contribution in [1.82, 2.24) is 9.03 Å². The molecule has 4 aliphatic carbocycles. The first-order valence-corrected chi connectivity index (χ1v) is 10.7. The molecule has 1 atom stereocenters. The molecule has 5 fully saturated rings. The van der Waals surface area contributed by atoms with Gasteiger partial charge in [-0.3, -0.25) is 0 Å². The summed E-state index contributed by atoms with van der Waals surface area (Å²) in [7, 11) is -3.29. The Bertz CT molecular complexity index is 489. The lowest BCUT2D eigenvalue weighted by atomic mass is 9.48. The van der Waals surface area contributed by atoms with E-state index in [0.717, 1.165) is 37.0 Å². The Hall–Kier alpha value is -0.130. The van der Waals surface area contributed by atoms with Crippen molar-refractivity contribution in [3.8, 4) is 0 Å². The molecule has 0 aromatic heterocycles. The van der Waals surface area contributed by atoms with E-state index in [0.29, 0.717) is 13.1 Å². The molecule has 5 rings (SSSR count). The van der Waals surface area contributed by atoms with E-state index in [1.807, 2.05) is 0 Å². The third kappa shape index (κ3) is 2.63. The van der Waals surface area contributed by atoms with Crippen molar-refractivity contribution in [3.05, 3.63) is 0 Å². The van der Waals surface area contributed by atoms with Crippen molar-refractivity contribution in [2.75, 3.05) is 13.1 Å². The normalized spacial score (nSPS) is 43.4.